The minimum atomic E-state index is -4.80. The third kappa shape index (κ3) is 6.89. The lowest BCUT2D eigenvalue weighted by Gasteiger charge is -2.34. The van der Waals surface area contributed by atoms with E-state index in [1.165, 1.54) is 76.2 Å². The molecule has 0 atom stereocenters. The van der Waals surface area contributed by atoms with Gasteiger partial charge in [-0.05, 0) is 58.0 Å². The van der Waals surface area contributed by atoms with Gasteiger partial charge in [0.15, 0.2) is 5.75 Å². The van der Waals surface area contributed by atoms with Crippen LogP contribution < -0.4 is 8.80 Å². The Hall–Kier alpha value is -2.31. The van der Waals surface area contributed by atoms with Gasteiger partial charge in [0.05, 0.1) is 38.4 Å². The maximum atomic E-state index is 14.3. The topological polar surface area (TPSA) is 139 Å². The van der Waals surface area contributed by atoms with Gasteiger partial charge in [-0.2, -0.15) is 4.08 Å². The molecule has 0 spiro atoms. The number of nitrogens with zero attached hydrogens (tertiary/aromatic N) is 1. The van der Waals surface area contributed by atoms with Crippen molar-refractivity contribution in [2.75, 3.05) is 8.80 Å². The highest BCUT2D eigenvalue weighted by atomic mass is 35.5. The average molecular weight is 638 g/mol. The van der Waals surface area contributed by atoms with Gasteiger partial charge in [-0.3, -0.25) is 13.8 Å². The van der Waals surface area contributed by atoms with Crippen LogP contribution in [0.1, 0.15) is 27.7 Å². The predicted octanol–water partition coefficient (Wildman–Crippen LogP) is 6.65. The van der Waals surface area contributed by atoms with E-state index in [1.807, 2.05) is 0 Å². The van der Waals surface area contributed by atoms with Crippen LogP contribution in [0.2, 0.25) is 10.0 Å². The van der Waals surface area contributed by atoms with Crippen molar-refractivity contribution in [3.63, 3.8) is 0 Å². The van der Waals surface area contributed by atoms with Crippen molar-refractivity contribution in [2.24, 2.45) is 0 Å². The van der Waals surface area contributed by atoms with E-state index in [1.54, 1.807) is 12.1 Å². The van der Waals surface area contributed by atoms with Crippen molar-refractivity contribution in [1.29, 1.82) is 0 Å². The standard InChI is InChI=1S/C24H27Cl2N2O8PS2/c1-16(2)35-37(30,36-17(3)4)28(39(33,34)19-13-9-6-10-14-19)21-15-20(24(29)23(26)22(21)25)27-38(31,32)18-11-7-5-8-12-18/h5-17,27,29H,1-4H3. The van der Waals surface area contributed by atoms with E-state index >= 15 is 0 Å². The molecule has 0 saturated carbocycles. The van der Waals surface area contributed by atoms with Gasteiger partial charge in [-0.1, -0.05) is 59.6 Å². The van der Waals surface area contributed by atoms with Gasteiger partial charge in [0, 0.05) is 0 Å². The minimum Gasteiger partial charge on any atom is -0.504 e. The highest BCUT2D eigenvalue weighted by Crippen LogP contribution is 2.61. The molecule has 2 N–H and O–H groups in total. The number of rotatable bonds is 11. The van der Waals surface area contributed by atoms with Crippen LogP contribution in [-0.2, 0) is 33.7 Å². The van der Waals surface area contributed by atoms with E-state index in [2.05, 4.69) is 4.72 Å². The van der Waals surface area contributed by atoms with Crippen molar-refractivity contribution in [1.82, 2.24) is 0 Å². The summed E-state index contributed by atoms with van der Waals surface area (Å²) in [6, 6.07) is 15.1. The minimum absolute atomic E-state index is 0.150. The van der Waals surface area contributed by atoms with Crippen LogP contribution in [-0.4, -0.2) is 34.2 Å². The maximum absolute atomic E-state index is 14.3. The van der Waals surface area contributed by atoms with E-state index < -0.39 is 67.2 Å². The van der Waals surface area contributed by atoms with E-state index in [9.17, 15) is 26.5 Å². The summed E-state index contributed by atoms with van der Waals surface area (Å²) in [4.78, 5) is -0.445. The molecular formula is C24H27Cl2N2O8PS2. The largest absolute Gasteiger partial charge is 0.504 e. The number of anilines is 2. The summed E-state index contributed by atoms with van der Waals surface area (Å²) < 4.78 is 82.0. The van der Waals surface area contributed by atoms with Crippen molar-refractivity contribution >= 4 is 62.4 Å². The third-order valence-corrected chi connectivity index (χ3v) is 11.9. The number of sulfonamides is 2. The number of phenolic OH excluding ortho intramolecular Hbond substituents is 1. The molecule has 0 saturated heterocycles. The number of halogens is 2. The molecule has 0 fully saturated rings. The maximum Gasteiger partial charge on any atom is 0.449 e. The molecule has 0 aliphatic rings. The zero-order valence-electron chi connectivity index (χ0n) is 21.3. The van der Waals surface area contributed by atoms with Gasteiger partial charge in [0.1, 0.15) is 5.02 Å². The van der Waals surface area contributed by atoms with E-state index in [4.69, 9.17) is 32.2 Å². The molecule has 39 heavy (non-hydrogen) atoms. The van der Waals surface area contributed by atoms with Crippen LogP contribution in [0.15, 0.2) is 76.5 Å². The Kier molecular flexibility index (Phi) is 9.65. The molecule has 0 aliphatic heterocycles. The Labute approximate surface area is 238 Å². The van der Waals surface area contributed by atoms with Gasteiger partial charge in [-0.15, -0.1) is 0 Å². The van der Waals surface area contributed by atoms with Crippen molar-refractivity contribution in [3.8, 4) is 5.75 Å². The molecule has 15 heteroatoms. The van der Waals surface area contributed by atoms with Gasteiger partial charge >= 0.3 is 7.75 Å². The fourth-order valence-electron chi connectivity index (χ4n) is 3.35. The second-order valence-corrected chi connectivity index (χ2v) is 14.9. The molecule has 0 aliphatic carbocycles. The summed E-state index contributed by atoms with van der Waals surface area (Å²) in [5, 5.41) is 9.52. The predicted molar refractivity (Wildman–Crippen MR) is 152 cm³/mol. The molecule has 0 heterocycles. The zero-order chi connectivity index (χ0) is 29.2. The van der Waals surface area contributed by atoms with Crippen molar-refractivity contribution in [2.45, 2.75) is 49.7 Å². The second kappa shape index (κ2) is 12.1. The van der Waals surface area contributed by atoms with Crippen LogP contribution in [0.4, 0.5) is 11.4 Å². The average Bonchev–Trinajstić information content (AvgIpc) is 2.85. The lowest BCUT2D eigenvalue weighted by Crippen LogP contribution is -2.32. The van der Waals surface area contributed by atoms with Crippen molar-refractivity contribution in [3.05, 3.63) is 76.8 Å². The summed E-state index contributed by atoms with van der Waals surface area (Å²) in [5.41, 5.74) is -1.09. The summed E-state index contributed by atoms with van der Waals surface area (Å²) in [7, 11) is -13.8. The van der Waals surface area contributed by atoms with Gasteiger partial charge in [-0.25, -0.2) is 21.4 Å². The quantitative estimate of drug-likeness (QED) is 0.176. The fourth-order valence-corrected chi connectivity index (χ4v) is 9.35. The molecule has 3 aromatic rings. The van der Waals surface area contributed by atoms with E-state index in [-0.39, 0.29) is 9.79 Å². The Morgan fingerprint density at radius 1 is 0.821 bits per heavy atom. The first-order valence-corrected chi connectivity index (χ1v) is 16.6. The molecule has 0 bridgehead atoms. The number of hydrogen-bond donors (Lipinski definition) is 2. The smallest absolute Gasteiger partial charge is 0.449 e. The normalized spacial score (nSPS) is 12.6. The lowest BCUT2D eigenvalue weighted by molar-refractivity contribution is 0.143. The summed E-state index contributed by atoms with van der Waals surface area (Å²) >= 11 is 12.7. The van der Waals surface area contributed by atoms with Crippen LogP contribution in [0, 0.1) is 0 Å². The molecule has 10 nitrogen and oxygen atoms in total. The molecule has 0 radical (unpaired) electrons. The fraction of sp³-hybridized carbons (Fsp3) is 0.250. The van der Waals surface area contributed by atoms with Crippen LogP contribution in [0.25, 0.3) is 0 Å². The SMILES string of the molecule is CC(C)OP(=O)(OC(C)C)N(c1cc(NS(=O)(=O)c2ccccc2)c(O)c(Cl)c1Cl)S(=O)(=O)c1ccccc1. The van der Waals surface area contributed by atoms with Crippen LogP contribution in [0.5, 0.6) is 5.75 Å². The summed E-state index contributed by atoms with van der Waals surface area (Å²) in [6.45, 7) is 6.09. The third-order valence-electron chi connectivity index (χ3n) is 4.84. The number of nitrogens with one attached hydrogen (secondary N) is 1. The molecule has 0 amide bonds. The van der Waals surface area contributed by atoms with Crippen LogP contribution >= 0.6 is 30.9 Å². The summed E-state index contributed by atoms with van der Waals surface area (Å²) in [6.07, 6.45) is -1.57. The number of phenols is 1. The molecule has 3 aromatic carbocycles. The van der Waals surface area contributed by atoms with E-state index in [0.717, 1.165) is 6.07 Å². The van der Waals surface area contributed by atoms with Crippen molar-refractivity contribution < 1.29 is 35.6 Å². The van der Waals surface area contributed by atoms with Gasteiger partial charge < -0.3 is 5.11 Å². The highest BCUT2D eigenvalue weighted by Gasteiger charge is 2.46. The first-order chi connectivity index (χ1) is 18.1. The monoisotopic (exact) mass is 636 g/mol. The first kappa shape index (κ1) is 31.2. The number of benzene rings is 3. The van der Waals surface area contributed by atoms with Gasteiger partial charge in [0.2, 0.25) is 0 Å². The second-order valence-electron chi connectivity index (χ2n) is 8.68. The Balaban J connectivity index is 2.35. The molecular weight excluding hydrogens is 610 g/mol. The zero-order valence-corrected chi connectivity index (χ0v) is 25.3. The Morgan fingerprint density at radius 2 is 1.28 bits per heavy atom. The summed E-state index contributed by atoms with van der Waals surface area (Å²) in [5.74, 6) is -0.786. The van der Waals surface area contributed by atoms with Gasteiger partial charge in [0.25, 0.3) is 20.0 Å². The number of aromatic hydroxyl groups is 1. The van der Waals surface area contributed by atoms with Crippen LogP contribution in [0.3, 0.4) is 0 Å². The first-order valence-electron chi connectivity index (χ1n) is 11.5. The molecule has 3 rings (SSSR count). The Morgan fingerprint density at radius 3 is 1.74 bits per heavy atom. The van der Waals surface area contributed by atoms with E-state index in [0.29, 0.717) is 4.08 Å². The number of hydrogen-bond acceptors (Lipinski definition) is 8. The highest BCUT2D eigenvalue weighted by molar-refractivity contribution is 7.99. The molecule has 212 valence electrons. The molecule has 0 unspecified atom stereocenters. The molecule has 0 aromatic heterocycles. The Bertz CT molecular complexity index is 1570. The lowest BCUT2D eigenvalue weighted by atomic mass is 10.2.